The van der Waals surface area contributed by atoms with Crippen LogP contribution >= 0.6 is 0 Å². The van der Waals surface area contributed by atoms with E-state index in [4.69, 9.17) is 4.74 Å². The predicted octanol–water partition coefficient (Wildman–Crippen LogP) is 2.97. The zero-order chi connectivity index (χ0) is 18.1. The standard InChI is InChI=1S/C19H17N3O4/c23-19(21-9-10-26-18-4-2-1-3-15(18)12-21)13-20-8-7-14-11-16(22(24)25)5-6-17(14)20/h1-8,11H,9-10,12-13H2. The Labute approximate surface area is 149 Å². The van der Waals surface area contributed by atoms with Gasteiger partial charge in [-0.05, 0) is 18.2 Å². The summed E-state index contributed by atoms with van der Waals surface area (Å²) >= 11 is 0. The van der Waals surface area contributed by atoms with Gasteiger partial charge in [-0.1, -0.05) is 18.2 Å². The molecule has 0 radical (unpaired) electrons. The summed E-state index contributed by atoms with van der Waals surface area (Å²) in [4.78, 5) is 25.0. The molecule has 0 saturated heterocycles. The third-order valence-corrected chi connectivity index (χ3v) is 4.58. The number of benzene rings is 2. The molecule has 1 aliphatic heterocycles. The van der Waals surface area contributed by atoms with Crippen molar-refractivity contribution < 1.29 is 14.5 Å². The molecule has 1 aliphatic rings. The Hall–Kier alpha value is -3.35. The third-order valence-electron chi connectivity index (χ3n) is 4.58. The number of non-ortho nitro benzene ring substituents is 1. The Balaban J connectivity index is 1.55. The van der Waals surface area contributed by atoms with Crippen LogP contribution in [0.4, 0.5) is 5.69 Å². The lowest BCUT2D eigenvalue weighted by molar-refractivity contribution is -0.384. The molecule has 3 aromatic rings. The summed E-state index contributed by atoms with van der Waals surface area (Å²) in [6, 6.07) is 14.2. The highest BCUT2D eigenvalue weighted by Crippen LogP contribution is 2.24. The Morgan fingerprint density at radius 1 is 1.19 bits per heavy atom. The van der Waals surface area contributed by atoms with Crippen LogP contribution < -0.4 is 4.74 Å². The van der Waals surface area contributed by atoms with Gasteiger partial charge in [0, 0.05) is 41.3 Å². The van der Waals surface area contributed by atoms with E-state index < -0.39 is 4.92 Å². The fourth-order valence-corrected chi connectivity index (χ4v) is 3.22. The highest BCUT2D eigenvalue weighted by Gasteiger charge is 2.20. The maximum Gasteiger partial charge on any atom is 0.270 e. The molecule has 4 rings (SSSR count). The number of rotatable bonds is 3. The van der Waals surface area contributed by atoms with Gasteiger partial charge < -0.3 is 14.2 Å². The Morgan fingerprint density at radius 3 is 2.88 bits per heavy atom. The van der Waals surface area contributed by atoms with Crippen molar-refractivity contribution in [1.29, 1.82) is 0 Å². The quantitative estimate of drug-likeness (QED) is 0.537. The highest BCUT2D eigenvalue weighted by atomic mass is 16.6. The lowest BCUT2D eigenvalue weighted by atomic mass is 10.2. The number of carbonyl (C=O) groups is 1. The summed E-state index contributed by atoms with van der Waals surface area (Å²) in [6.07, 6.45) is 1.79. The fraction of sp³-hybridized carbons (Fsp3) is 0.211. The maximum absolute atomic E-state index is 12.8. The van der Waals surface area contributed by atoms with E-state index in [1.54, 1.807) is 23.2 Å². The first-order valence-corrected chi connectivity index (χ1v) is 8.33. The molecule has 132 valence electrons. The van der Waals surface area contributed by atoms with Crippen molar-refractivity contribution in [2.24, 2.45) is 0 Å². The van der Waals surface area contributed by atoms with Crippen molar-refractivity contribution in [3.63, 3.8) is 0 Å². The molecule has 0 saturated carbocycles. The zero-order valence-corrected chi connectivity index (χ0v) is 14.0. The van der Waals surface area contributed by atoms with E-state index in [1.807, 2.05) is 28.8 Å². The minimum atomic E-state index is -0.420. The van der Waals surface area contributed by atoms with Crippen LogP contribution in [0.25, 0.3) is 10.9 Å². The minimum absolute atomic E-state index is 0.0128. The number of para-hydroxylation sites is 1. The van der Waals surface area contributed by atoms with Gasteiger partial charge in [0.2, 0.25) is 5.91 Å². The van der Waals surface area contributed by atoms with Gasteiger partial charge in [-0.25, -0.2) is 0 Å². The van der Waals surface area contributed by atoms with E-state index in [1.165, 1.54) is 12.1 Å². The molecular formula is C19H17N3O4. The fourth-order valence-electron chi connectivity index (χ4n) is 3.22. The van der Waals surface area contributed by atoms with Crippen molar-refractivity contribution in [2.75, 3.05) is 13.2 Å². The number of carbonyl (C=O) groups excluding carboxylic acids is 1. The van der Waals surface area contributed by atoms with Crippen LogP contribution in [0.15, 0.2) is 54.7 Å². The van der Waals surface area contributed by atoms with E-state index in [9.17, 15) is 14.9 Å². The molecule has 2 heterocycles. The van der Waals surface area contributed by atoms with Crippen LogP contribution in [0.1, 0.15) is 5.56 Å². The van der Waals surface area contributed by atoms with Gasteiger partial charge in [0.05, 0.1) is 11.5 Å². The van der Waals surface area contributed by atoms with Crippen LogP contribution in [0, 0.1) is 10.1 Å². The number of hydrogen-bond donors (Lipinski definition) is 0. The molecule has 7 nitrogen and oxygen atoms in total. The average molecular weight is 351 g/mol. The van der Waals surface area contributed by atoms with Gasteiger partial charge in [-0.2, -0.15) is 0 Å². The van der Waals surface area contributed by atoms with Gasteiger partial charge in [-0.3, -0.25) is 14.9 Å². The van der Waals surface area contributed by atoms with E-state index in [0.29, 0.717) is 19.7 Å². The lowest BCUT2D eigenvalue weighted by Gasteiger charge is -2.20. The number of aromatic nitrogens is 1. The van der Waals surface area contributed by atoms with Crippen molar-refractivity contribution in [2.45, 2.75) is 13.1 Å². The number of hydrogen-bond acceptors (Lipinski definition) is 4. The highest BCUT2D eigenvalue weighted by molar-refractivity contribution is 5.85. The van der Waals surface area contributed by atoms with Crippen molar-refractivity contribution >= 4 is 22.5 Å². The summed E-state index contributed by atoms with van der Waals surface area (Å²) in [5.41, 5.74) is 1.84. The molecule has 0 N–H and O–H groups in total. The summed E-state index contributed by atoms with van der Waals surface area (Å²) in [5.74, 6) is 0.808. The number of nitrogens with zero attached hydrogens (tertiary/aromatic N) is 3. The van der Waals surface area contributed by atoms with E-state index in [2.05, 4.69) is 0 Å². The molecule has 0 fully saturated rings. The van der Waals surface area contributed by atoms with Crippen LogP contribution in [0.3, 0.4) is 0 Å². The van der Waals surface area contributed by atoms with Crippen molar-refractivity contribution in [3.05, 3.63) is 70.4 Å². The normalized spacial score (nSPS) is 13.8. The van der Waals surface area contributed by atoms with Gasteiger partial charge >= 0.3 is 0 Å². The molecule has 0 bridgehead atoms. The minimum Gasteiger partial charge on any atom is -0.491 e. The van der Waals surface area contributed by atoms with Crippen LogP contribution in [0.2, 0.25) is 0 Å². The van der Waals surface area contributed by atoms with Crippen LogP contribution in [-0.4, -0.2) is 33.4 Å². The summed E-state index contributed by atoms with van der Waals surface area (Å²) < 4.78 is 7.52. The molecule has 0 spiro atoms. The second-order valence-electron chi connectivity index (χ2n) is 6.22. The van der Waals surface area contributed by atoms with Crippen molar-refractivity contribution in [3.8, 4) is 5.75 Å². The smallest absolute Gasteiger partial charge is 0.270 e. The SMILES string of the molecule is O=C(Cn1ccc2cc([N+](=O)[O-])ccc21)N1CCOc2ccccc2C1. The number of nitro benzene ring substituents is 1. The summed E-state index contributed by atoms with van der Waals surface area (Å²) in [7, 11) is 0. The van der Waals surface area contributed by atoms with Crippen LogP contribution in [0.5, 0.6) is 5.75 Å². The second kappa shape index (κ2) is 6.51. The second-order valence-corrected chi connectivity index (χ2v) is 6.22. The first-order chi connectivity index (χ1) is 12.6. The first-order valence-electron chi connectivity index (χ1n) is 8.33. The molecule has 7 heteroatoms. The Kier molecular flexibility index (Phi) is 4.04. The maximum atomic E-state index is 12.8. The van der Waals surface area contributed by atoms with Gasteiger partial charge in [0.25, 0.3) is 5.69 Å². The number of amides is 1. The van der Waals surface area contributed by atoms with Gasteiger partial charge in [0.15, 0.2) is 0 Å². The topological polar surface area (TPSA) is 77.6 Å². The first kappa shape index (κ1) is 16.1. The number of nitro groups is 1. The molecule has 0 aliphatic carbocycles. The van der Waals surface area contributed by atoms with Crippen molar-refractivity contribution in [1.82, 2.24) is 9.47 Å². The lowest BCUT2D eigenvalue weighted by Crippen LogP contribution is -2.34. The molecule has 0 atom stereocenters. The largest absolute Gasteiger partial charge is 0.491 e. The predicted molar refractivity (Wildman–Crippen MR) is 95.9 cm³/mol. The van der Waals surface area contributed by atoms with Crippen LogP contribution in [-0.2, 0) is 17.9 Å². The Morgan fingerprint density at radius 2 is 2.04 bits per heavy atom. The van der Waals surface area contributed by atoms with Gasteiger partial charge in [-0.15, -0.1) is 0 Å². The molecule has 1 aromatic heterocycles. The Bertz CT molecular complexity index is 995. The zero-order valence-electron chi connectivity index (χ0n) is 14.0. The molecular weight excluding hydrogens is 334 g/mol. The summed E-state index contributed by atoms with van der Waals surface area (Å²) in [5, 5.41) is 11.6. The number of fused-ring (bicyclic) bond motifs is 2. The van der Waals surface area contributed by atoms with E-state index in [0.717, 1.165) is 22.2 Å². The third kappa shape index (κ3) is 2.99. The number of ether oxygens (including phenoxy) is 1. The van der Waals surface area contributed by atoms with E-state index in [-0.39, 0.29) is 18.1 Å². The molecule has 26 heavy (non-hydrogen) atoms. The summed E-state index contributed by atoms with van der Waals surface area (Å²) in [6.45, 7) is 1.68. The molecule has 1 amide bonds. The van der Waals surface area contributed by atoms with E-state index >= 15 is 0 Å². The average Bonchev–Trinajstić information content (AvgIpc) is 2.90. The molecule has 0 unspecified atom stereocenters. The monoisotopic (exact) mass is 351 g/mol. The molecule has 2 aromatic carbocycles. The van der Waals surface area contributed by atoms with Gasteiger partial charge in [0.1, 0.15) is 18.9 Å².